The first kappa shape index (κ1) is 13.6. The van der Waals surface area contributed by atoms with Crippen LogP contribution >= 0.6 is 0 Å². The van der Waals surface area contributed by atoms with Crippen molar-refractivity contribution in [1.82, 2.24) is 9.97 Å². The van der Waals surface area contributed by atoms with Gasteiger partial charge in [-0.05, 0) is 24.1 Å². The molecule has 0 radical (unpaired) electrons. The predicted octanol–water partition coefficient (Wildman–Crippen LogP) is 3.40. The highest BCUT2D eigenvalue weighted by molar-refractivity contribution is 6.13. The van der Waals surface area contributed by atoms with Gasteiger partial charge in [-0.1, -0.05) is 42.5 Å². The maximum Gasteiger partial charge on any atom is 0.229 e. The van der Waals surface area contributed by atoms with Gasteiger partial charge in [0.2, 0.25) is 5.95 Å². The Labute approximate surface area is 134 Å². The normalized spacial score (nSPS) is 13.0. The van der Waals surface area contributed by atoms with Crippen LogP contribution in [0.25, 0.3) is 0 Å². The third-order valence-corrected chi connectivity index (χ3v) is 4.07. The summed E-state index contributed by atoms with van der Waals surface area (Å²) in [4.78, 5) is 23.6. The molecular weight excluding hydrogens is 286 g/mol. The monoisotopic (exact) mass is 301 g/mol. The Morgan fingerprint density at radius 1 is 0.913 bits per heavy atom. The van der Waals surface area contributed by atoms with Crippen molar-refractivity contribution in [2.24, 2.45) is 0 Å². The Morgan fingerprint density at radius 2 is 1.70 bits per heavy atom. The Morgan fingerprint density at radius 3 is 2.48 bits per heavy atom. The molecule has 1 aliphatic rings. The first-order chi connectivity index (χ1) is 11.3. The molecule has 0 aliphatic carbocycles. The van der Waals surface area contributed by atoms with Crippen LogP contribution in [0.15, 0.2) is 67.0 Å². The summed E-state index contributed by atoms with van der Waals surface area (Å²) in [6.45, 7) is 0.790. The number of ketones is 1. The van der Waals surface area contributed by atoms with Gasteiger partial charge < -0.3 is 4.90 Å². The zero-order chi connectivity index (χ0) is 15.6. The highest BCUT2D eigenvalue weighted by Gasteiger charge is 2.27. The van der Waals surface area contributed by atoms with E-state index in [0.717, 1.165) is 18.7 Å². The van der Waals surface area contributed by atoms with Crippen LogP contribution in [0.1, 0.15) is 21.5 Å². The topological polar surface area (TPSA) is 46.1 Å². The van der Waals surface area contributed by atoms with E-state index in [-0.39, 0.29) is 5.78 Å². The van der Waals surface area contributed by atoms with Crippen LogP contribution in [0.3, 0.4) is 0 Å². The standard InChI is InChI=1S/C19H15N3O/c23-18(15-6-2-1-3-7-15)16-9-4-8-14-10-13-22(17(14)16)19-20-11-5-12-21-19/h1-9,11-12H,10,13H2. The summed E-state index contributed by atoms with van der Waals surface area (Å²) in [5, 5.41) is 0. The lowest BCUT2D eigenvalue weighted by atomic mass is 9.99. The van der Waals surface area contributed by atoms with Gasteiger partial charge in [0.1, 0.15) is 0 Å². The van der Waals surface area contributed by atoms with Crippen molar-refractivity contribution in [3.8, 4) is 0 Å². The molecule has 2 heterocycles. The molecule has 0 fully saturated rings. The lowest BCUT2D eigenvalue weighted by Crippen LogP contribution is -2.18. The van der Waals surface area contributed by atoms with Gasteiger partial charge in [-0.3, -0.25) is 4.79 Å². The molecule has 23 heavy (non-hydrogen) atoms. The van der Waals surface area contributed by atoms with Crippen LogP contribution < -0.4 is 4.90 Å². The van der Waals surface area contributed by atoms with E-state index in [4.69, 9.17) is 0 Å². The van der Waals surface area contributed by atoms with Crippen molar-refractivity contribution in [2.45, 2.75) is 6.42 Å². The van der Waals surface area contributed by atoms with E-state index in [1.165, 1.54) is 5.56 Å². The Hall–Kier alpha value is -3.01. The van der Waals surface area contributed by atoms with Crippen molar-refractivity contribution >= 4 is 17.4 Å². The van der Waals surface area contributed by atoms with Crippen molar-refractivity contribution in [3.63, 3.8) is 0 Å². The van der Waals surface area contributed by atoms with Crippen LogP contribution in [0, 0.1) is 0 Å². The molecule has 4 heteroatoms. The fourth-order valence-electron chi connectivity index (χ4n) is 3.01. The lowest BCUT2D eigenvalue weighted by molar-refractivity contribution is 0.103. The molecular formula is C19H15N3O. The number of carbonyl (C=O) groups is 1. The minimum atomic E-state index is 0.0327. The van der Waals surface area contributed by atoms with Crippen molar-refractivity contribution in [1.29, 1.82) is 0 Å². The summed E-state index contributed by atoms with van der Waals surface area (Å²) in [5.74, 6) is 0.671. The van der Waals surface area contributed by atoms with E-state index in [1.807, 2.05) is 47.4 Å². The van der Waals surface area contributed by atoms with Crippen LogP contribution in [-0.4, -0.2) is 22.3 Å². The summed E-state index contributed by atoms with van der Waals surface area (Å²) in [6.07, 6.45) is 4.34. The summed E-state index contributed by atoms with van der Waals surface area (Å²) in [7, 11) is 0. The van der Waals surface area contributed by atoms with Gasteiger partial charge in [0.15, 0.2) is 5.78 Å². The third-order valence-electron chi connectivity index (χ3n) is 4.07. The quantitative estimate of drug-likeness (QED) is 0.696. The summed E-state index contributed by atoms with van der Waals surface area (Å²) in [6, 6.07) is 17.1. The molecule has 112 valence electrons. The van der Waals surface area contributed by atoms with E-state index in [9.17, 15) is 4.79 Å². The molecule has 0 spiro atoms. The van der Waals surface area contributed by atoms with Gasteiger partial charge >= 0.3 is 0 Å². The fraction of sp³-hybridized carbons (Fsp3) is 0.105. The molecule has 0 saturated heterocycles. The molecule has 2 aromatic carbocycles. The second-order valence-corrected chi connectivity index (χ2v) is 5.46. The molecule has 3 aromatic rings. The first-order valence-electron chi connectivity index (χ1n) is 7.61. The van der Waals surface area contributed by atoms with E-state index in [2.05, 4.69) is 16.0 Å². The maximum absolute atomic E-state index is 12.9. The number of nitrogens with zero attached hydrogens (tertiary/aromatic N) is 3. The van der Waals surface area contributed by atoms with Gasteiger partial charge in [0.05, 0.1) is 5.69 Å². The number of rotatable bonds is 3. The molecule has 0 saturated carbocycles. The summed E-state index contributed by atoms with van der Waals surface area (Å²) >= 11 is 0. The average Bonchev–Trinajstić information content (AvgIpc) is 3.07. The van der Waals surface area contributed by atoms with Crippen molar-refractivity contribution in [3.05, 3.63) is 83.7 Å². The third kappa shape index (κ3) is 2.38. The van der Waals surface area contributed by atoms with Crippen LogP contribution in [0.2, 0.25) is 0 Å². The highest BCUT2D eigenvalue weighted by atomic mass is 16.1. The molecule has 0 unspecified atom stereocenters. The van der Waals surface area contributed by atoms with Crippen LogP contribution in [-0.2, 0) is 6.42 Å². The number of fused-ring (bicyclic) bond motifs is 1. The van der Waals surface area contributed by atoms with Gasteiger partial charge in [-0.2, -0.15) is 0 Å². The van der Waals surface area contributed by atoms with Crippen LogP contribution in [0.5, 0.6) is 0 Å². The molecule has 4 rings (SSSR count). The summed E-state index contributed by atoms with van der Waals surface area (Å²) < 4.78 is 0. The highest BCUT2D eigenvalue weighted by Crippen LogP contribution is 2.36. The molecule has 0 bridgehead atoms. The first-order valence-corrected chi connectivity index (χ1v) is 7.61. The SMILES string of the molecule is O=C(c1ccccc1)c1cccc2c1N(c1ncccn1)CC2. The van der Waals surface area contributed by atoms with E-state index >= 15 is 0 Å². The Balaban J connectivity index is 1.82. The number of hydrogen-bond donors (Lipinski definition) is 0. The zero-order valence-electron chi connectivity index (χ0n) is 12.5. The number of anilines is 2. The summed E-state index contributed by atoms with van der Waals surface area (Å²) in [5.41, 5.74) is 3.51. The Kier molecular flexibility index (Phi) is 3.35. The number of carbonyl (C=O) groups excluding carboxylic acids is 1. The Bertz CT molecular complexity index is 847. The number of aromatic nitrogens is 2. The molecule has 0 N–H and O–H groups in total. The smallest absolute Gasteiger partial charge is 0.229 e. The molecule has 1 aliphatic heterocycles. The average molecular weight is 301 g/mol. The molecule has 0 amide bonds. The van der Waals surface area contributed by atoms with E-state index < -0.39 is 0 Å². The van der Waals surface area contributed by atoms with E-state index in [0.29, 0.717) is 17.1 Å². The molecule has 0 atom stereocenters. The second-order valence-electron chi connectivity index (χ2n) is 5.46. The minimum absolute atomic E-state index is 0.0327. The fourth-order valence-corrected chi connectivity index (χ4v) is 3.01. The van der Waals surface area contributed by atoms with Gasteiger partial charge in [0.25, 0.3) is 0 Å². The zero-order valence-corrected chi connectivity index (χ0v) is 12.5. The van der Waals surface area contributed by atoms with Crippen molar-refractivity contribution in [2.75, 3.05) is 11.4 Å². The van der Waals surface area contributed by atoms with Gasteiger partial charge in [-0.25, -0.2) is 9.97 Å². The number of benzene rings is 2. The lowest BCUT2D eigenvalue weighted by Gasteiger charge is -2.19. The van der Waals surface area contributed by atoms with Crippen LogP contribution in [0.4, 0.5) is 11.6 Å². The minimum Gasteiger partial charge on any atom is -0.309 e. The maximum atomic E-state index is 12.9. The van der Waals surface area contributed by atoms with E-state index in [1.54, 1.807) is 18.5 Å². The number of para-hydroxylation sites is 1. The van der Waals surface area contributed by atoms with Gasteiger partial charge in [-0.15, -0.1) is 0 Å². The largest absolute Gasteiger partial charge is 0.309 e. The second kappa shape index (κ2) is 5.65. The molecule has 1 aromatic heterocycles. The predicted molar refractivity (Wildman–Crippen MR) is 89.1 cm³/mol. The number of hydrogen-bond acceptors (Lipinski definition) is 4. The van der Waals surface area contributed by atoms with Crippen molar-refractivity contribution < 1.29 is 4.79 Å². The van der Waals surface area contributed by atoms with Gasteiger partial charge in [0, 0.05) is 30.1 Å². The molecule has 4 nitrogen and oxygen atoms in total.